The van der Waals surface area contributed by atoms with Crippen LogP contribution in [0.4, 0.5) is 0 Å². The topological polar surface area (TPSA) is 245 Å². The molecule has 2 aliphatic heterocycles. The molecule has 0 aliphatic carbocycles. The normalized spacial score (nSPS) is 21.5. The van der Waals surface area contributed by atoms with Crippen LogP contribution in [0.1, 0.15) is 84.2 Å². The molecule has 10 rings (SSSR count). The van der Waals surface area contributed by atoms with E-state index in [4.69, 9.17) is 52.1 Å². The molecule has 0 amide bonds. The van der Waals surface area contributed by atoms with E-state index in [9.17, 15) is 38.8 Å². The van der Waals surface area contributed by atoms with Crippen molar-refractivity contribution in [2.24, 2.45) is 0 Å². The van der Waals surface area contributed by atoms with E-state index < -0.39 is 123 Å². The Labute approximate surface area is 504 Å². The molecule has 0 N–H and O–H groups in total. The van der Waals surface area contributed by atoms with Crippen LogP contribution < -0.4 is 0 Å². The third-order valence-corrected chi connectivity index (χ3v) is 14.0. The average molecular weight is 1190 g/mol. The smallest absolute Gasteiger partial charge is 0.338 e. The van der Waals surface area contributed by atoms with Crippen molar-refractivity contribution in [3.8, 4) is 6.07 Å². The quantitative estimate of drug-likeness (QED) is 0.0479. The Morgan fingerprint density at radius 1 is 0.330 bits per heavy atom. The van der Waals surface area contributed by atoms with Crippen LogP contribution in [0.2, 0.25) is 0 Å². The molecule has 0 saturated carbocycles. The third-order valence-electron chi connectivity index (χ3n) is 14.0. The van der Waals surface area contributed by atoms with Crippen molar-refractivity contribution < 1.29 is 85.7 Å². The summed E-state index contributed by atoms with van der Waals surface area (Å²) in [7, 11) is 0. The fourth-order valence-electron chi connectivity index (χ4n) is 9.62. The molecule has 19 nitrogen and oxygen atoms in total. The predicted molar refractivity (Wildman–Crippen MR) is 310 cm³/mol. The number of rotatable bonds is 21. The first-order chi connectivity index (χ1) is 43.0. The van der Waals surface area contributed by atoms with Crippen molar-refractivity contribution in [3.63, 3.8) is 0 Å². The minimum atomic E-state index is -1.95. The lowest BCUT2D eigenvalue weighted by atomic mass is 9.96. The molecule has 0 bridgehead atoms. The molecule has 88 heavy (non-hydrogen) atoms. The van der Waals surface area contributed by atoms with Gasteiger partial charge >= 0.3 is 41.8 Å². The Hall–Kier alpha value is -10.6. The second-order valence-corrected chi connectivity index (χ2v) is 19.9. The van der Waals surface area contributed by atoms with Crippen LogP contribution in [-0.2, 0) is 52.1 Å². The first kappa shape index (κ1) is 60.5. The Morgan fingerprint density at radius 2 is 0.591 bits per heavy atom. The third kappa shape index (κ3) is 15.2. The second-order valence-electron chi connectivity index (χ2n) is 19.9. The summed E-state index contributed by atoms with van der Waals surface area (Å²) in [6.45, 7) is -1.55. The van der Waals surface area contributed by atoms with Crippen molar-refractivity contribution in [1.82, 2.24) is 0 Å². The lowest BCUT2D eigenvalue weighted by Gasteiger charge is -2.46. The number of hydrogen-bond donors (Lipinski definition) is 0. The van der Waals surface area contributed by atoms with Crippen molar-refractivity contribution in [1.29, 1.82) is 5.26 Å². The zero-order valence-corrected chi connectivity index (χ0v) is 46.7. The Bertz CT molecular complexity index is 3680. The van der Waals surface area contributed by atoms with Gasteiger partial charge in [0.1, 0.15) is 18.8 Å². The number of hydrogen-bond acceptors (Lipinski definition) is 19. The van der Waals surface area contributed by atoms with Crippen LogP contribution in [0.5, 0.6) is 0 Å². The molecular weight excluding hydrogens is 1130 g/mol. The molecule has 2 saturated heterocycles. The monoisotopic (exact) mass is 1190 g/mol. The van der Waals surface area contributed by atoms with Crippen LogP contribution in [-0.4, -0.2) is 116 Å². The van der Waals surface area contributed by atoms with E-state index in [1.54, 1.807) is 158 Å². The van der Waals surface area contributed by atoms with Gasteiger partial charge in [-0.25, -0.2) is 33.6 Å². The number of esters is 7. The maximum Gasteiger partial charge on any atom is 0.338 e. The number of ether oxygens (including phenoxy) is 11. The van der Waals surface area contributed by atoms with Crippen molar-refractivity contribution in [2.45, 2.75) is 67.5 Å². The molecular formula is C69H55NO18. The molecule has 444 valence electrons. The number of carbonyl (C=O) groups is 7. The first-order valence-electron chi connectivity index (χ1n) is 27.8. The minimum absolute atomic E-state index is 0.0132. The largest absolute Gasteiger partial charge is 0.459 e. The van der Waals surface area contributed by atoms with Gasteiger partial charge in [-0.1, -0.05) is 158 Å². The van der Waals surface area contributed by atoms with Crippen LogP contribution >= 0.6 is 0 Å². The van der Waals surface area contributed by atoms with Crippen molar-refractivity contribution in [2.75, 3.05) is 13.2 Å². The number of benzene rings is 8. The fraction of sp³-hybridized carbons (Fsp3) is 0.188. The van der Waals surface area contributed by atoms with Gasteiger partial charge < -0.3 is 52.1 Å². The Balaban J connectivity index is 1.10. The van der Waals surface area contributed by atoms with Gasteiger partial charge in [0.15, 0.2) is 49.0 Å². The maximum atomic E-state index is 14.5. The van der Waals surface area contributed by atoms with Crippen molar-refractivity contribution >= 4 is 41.8 Å². The maximum absolute atomic E-state index is 14.5. The van der Waals surface area contributed by atoms with Gasteiger partial charge in [-0.2, -0.15) is 5.26 Å². The summed E-state index contributed by atoms with van der Waals surface area (Å²) in [6.07, 6.45) is -19.7. The molecule has 2 fully saturated rings. The highest BCUT2D eigenvalue weighted by atomic mass is 16.8. The molecule has 0 radical (unpaired) electrons. The standard InChI is InChI=1S/C69H55NO18/c70-41-52(44-25-9-1-10-26-44)80-69-60(88-67(77)51-39-23-8-24-40-51)58(86-65(75)49-35-19-6-20-36-49)56(84-63(73)47-31-15-4-16-32-47)54(82-69)43-79-68-59(87-66(76)50-37-21-7-22-38-50)57(85-64(74)48-33-17-5-18-34-48)55(83-62(72)46-29-13-3-14-30-46)53(81-68)42-78-61(71)45-27-11-2-12-28-45/h1-40,52-60,68-69H,42-43H2/t52?,53-,54-,55-,56-,57+,58+,59-,60-,68-,69+/m1/s1. The molecule has 2 aliphatic rings. The first-order valence-corrected chi connectivity index (χ1v) is 27.8. The molecule has 11 atom stereocenters. The highest BCUT2D eigenvalue weighted by Crippen LogP contribution is 2.37. The van der Waals surface area contributed by atoms with Gasteiger partial charge in [-0.3, -0.25) is 0 Å². The van der Waals surface area contributed by atoms with Crippen LogP contribution in [0.15, 0.2) is 243 Å². The van der Waals surface area contributed by atoms with Gasteiger partial charge in [-0.05, 0) is 90.5 Å². The highest BCUT2D eigenvalue weighted by molar-refractivity contribution is 5.93. The van der Waals surface area contributed by atoms with Gasteiger partial charge in [-0.15, -0.1) is 0 Å². The van der Waals surface area contributed by atoms with Crippen LogP contribution in [0, 0.1) is 11.3 Å². The molecule has 1 unspecified atom stereocenters. The zero-order chi connectivity index (χ0) is 61.2. The number of carbonyl (C=O) groups excluding carboxylic acids is 7. The summed E-state index contributed by atoms with van der Waals surface area (Å²) in [4.78, 5) is 100. The molecule has 19 heteroatoms. The summed E-state index contributed by atoms with van der Waals surface area (Å²) >= 11 is 0. The Morgan fingerprint density at radius 3 is 0.920 bits per heavy atom. The summed E-state index contributed by atoms with van der Waals surface area (Å²) in [5.74, 6) is -6.69. The molecule has 8 aromatic rings. The van der Waals surface area contributed by atoms with E-state index in [0.717, 1.165) is 0 Å². The van der Waals surface area contributed by atoms with Gasteiger partial charge in [0.25, 0.3) is 0 Å². The molecule has 0 spiro atoms. The minimum Gasteiger partial charge on any atom is -0.459 e. The summed E-state index contributed by atoms with van der Waals surface area (Å²) in [5, 5.41) is 10.7. The Kier molecular flexibility index (Phi) is 20.3. The SMILES string of the molecule is N#CC(O[C@H]1O[C@H](CO[C@@H]2O[C@H](COC(=O)c3ccccc3)[C@@H](OC(=O)c3ccccc3)[C@H](OC(=O)c3ccccc3)[C@H]2OC(=O)c2ccccc2)[C@@H](OC(=O)c2ccccc2)[C@H](OC(=O)c2ccccc2)[C@H]1OC(=O)c1ccccc1)c1ccccc1. The summed E-state index contributed by atoms with van der Waals surface area (Å²) < 4.78 is 70.0. The fourth-order valence-corrected chi connectivity index (χ4v) is 9.62. The van der Waals surface area contributed by atoms with E-state index in [-0.39, 0.29) is 38.9 Å². The second kappa shape index (κ2) is 29.5. The molecule has 8 aromatic carbocycles. The van der Waals surface area contributed by atoms with E-state index in [0.29, 0.717) is 5.56 Å². The summed E-state index contributed by atoms with van der Waals surface area (Å²) in [6, 6.07) is 64.9. The van der Waals surface area contributed by atoms with Gasteiger partial charge in [0, 0.05) is 0 Å². The molecule has 2 heterocycles. The van der Waals surface area contributed by atoms with E-state index in [2.05, 4.69) is 6.07 Å². The highest BCUT2D eigenvalue weighted by Gasteiger charge is 2.57. The lowest BCUT2D eigenvalue weighted by molar-refractivity contribution is -0.331. The predicted octanol–water partition coefficient (Wildman–Crippen LogP) is 9.94. The van der Waals surface area contributed by atoms with E-state index in [1.165, 1.54) is 84.9 Å². The van der Waals surface area contributed by atoms with Gasteiger partial charge in [0.05, 0.1) is 51.6 Å². The number of nitrogens with zero attached hydrogens (tertiary/aromatic N) is 1. The number of nitriles is 1. The van der Waals surface area contributed by atoms with Crippen LogP contribution in [0.25, 0.3) is 0 Å². The van der Waals surface area contributed by atoms with Crippen molar-refractivity contribution in [3.05, 3.63) is 287 Å². The van der Waals surface area contributed by atoms with E-state index in [1.807, 2.05) is 0 Å². The van der Waals surface area contributed by atoms with E-state index >= 15 is 0 Å². The van der Waals surface area contributed by atoms with Gasteiger partial charge in [0.2, 0.25) is 6.29 Å². The summed E-state index contributed by atoms with van der Waals surface area (Å²) in [5.41, 5.74) is 0.647. The lowest BCUT2D eigenvalue weighted by Crippen LogP contribution is -2.65. The zero-order valence-electron chi connectivity index (χ0n) is 46.7. The average Bonchev–Trinajstić information content (AvgIpc) is 1.07. The molecule has 0 aromatic heterocycles. The van der Waals surface area contributed by atoms with Crippen LogP contribution in [0.3, 0.4) is 0 Å².